The summed E-state index contributed by atoms with van der Waals surface area (Å²) < 4.78 is 22.5. The Bertz CT molecular complexity index is 666. The Balaban J connectivity index is 1.84. The average molecular weight is 306 g/mol. The van der Waals surface area contributed by atoms with Crippen molar-refractivity contribution in [2.45, 2.75) is 26.5 Å². The van der Waals surface area contributed by atoms with E-state index in [0.717, 1.165) is 5.56 Å². The van der Waals surface area contributed by atoms with Crippen LogP contribution in [0.5, 0.6) is 0 Å². The summed E-state index contributed by atoms with van der Waals surface area (Å²) in [5.74, 6) is -1.63. The topological polar surface area (TPSA) is 81.4 Å². The van der Waals surface area contributed by atoms with Crippen molar-refractivity contribution in [3.63, 3.8) is 0 Å². The van der Waals surface area contributed by atoms with E-state index in [2.05, 4.69) is 10.5 Å². The molecule has 0 saturated carbocycles. The van der Waals surface area contributed by atoms with Gasteiger partial charge >= 0.3 is 5.97 Å². The summed E-state index contributed by atoms with van der Waals surface area (Å²) in [6, 6.07) is 7.15. The number of carbonyl (C=O) groups is 2. The van der Waals surface area contributed by atoms with Crippen molar-refractivity contribution in [2.24, 2.45) is 0 Å². The number of rotatable bonds is 5. The lowest BCUT2D eigenvalue weighted by Gasteiger charge is -2.12. The highest BCUT2D eigenvalue weighted by Gasteiger charge is 2.21. The molecule has 0 unspecified atom stereocenters. The van der Waals surface area contributed by atoms with Gasteiger partial charge < -0.3 is 14.6 Å². The molecule has 0 aliphatic carbocycles. The molecule has 0 aliphatic rings. The van der Waals surface area contributed by atoms with E-state index in [1.807, 2.05) is 0 Å². The lowest BCUT2D eigenvalue weighted by Crippen LogP contribution is -2.35. The van der Waals surface area contributed by atoms with Crippen LogP contribution < -0.4 is 5.32 Å². The maximum Gasteiger partial charge on any atom is 0.377 e. The maximum atomic E-state index is 12.8. The van der Waals surface area contributed by atoms with Gasteiger partial charge in [0.15, 0.2) is 6.10 Å². The first-order chi connectivity index (χ1) is 10.5. The number of aromatic nitrogens is 1. The molecule has 0 saturated heterocycles. The van der Waals surface area contributed by atoms with Crippen molar-refractivity contribution >= 4 is 11.9 Å². The van der Waals surface area contributed by atoms with E-state index in [0.29, 0.717) is 5.69 Å². The first kappa shape index (κ1) is 15.7. The van der Waals surface area contributed by atoms with Crippen molar-refractivity contribution in [2.75, 3.05) is 0 Å². The number of halogens is 1. The molecule has 1 N–H and O–H groups in total. The molecule has 0 spiro atoms. The van der Waals surface area contributed by atoms with Gasteiger partial charge in [0.05, 0.1) is 5.69 Å². The van der Waals surface area contributed by atoms with Gasteiger partial charge in [0.25, 0.3) is 5.91 Å². The van der Waals surface area contributed by atoms with E-state index < -0.39 is 18.0 Å². The molecular formula is C15H15FN2O4. The Kier molecular flexibility index (Phi) is 4.88. The largest absolute Gasteiger partial charge is 0.447 e. The van der Waals surface area contributed by atoms with Crippen LogP contribution in [0.4, 0.5) is 4.39 Å². The molecule has 1 heterocycles. The quantitative estimate of drug-likeness (QED) is 0.854. The highest BCUT2D eigenvalue weighted by Crippen LogP contribution is 2.07. The predicted octanol–water partition coefficient (Wildman–Crippen LogP) is 1.98. The van der Waals surface area contributed by atoms with Crippen molar-refractivity contribution in [3.8, 4) is 0 Å². The van der Waals surface area contributed by atoms with Gasteiger partial charge in [0, 0.05) is 12.6 Å². The molecule has 22 heavy (non-hydrogen) atoms. The molecular weight excluding hydrogens is 291 g/mol. The summed E-state index contributed by atoms with van der Waals surface area (Å²) in [6.07, 6.45) is -0.988. The first-order valence-electron chi connectivity index (χ1n) is 6.62. The van der Waals surface area contributed by atoms with Gasteiger partial charge in [-0.1, -0.05) is 17.3 Å². The third kappa shape index (κ3) is 4.15. The Morgan fingerprint density at radius 1 is 1.36 bits per heavy atom. The highest BCUT2D eigenvalue weighted by atomic mass is 19.1. The number of carbonyl (C=O) groups excluding carboxylic acids is 2. The van der Waals surface area contributed by atoms with Gasteiger partial charge in [-0.2, -0.15) is 0 Å². The summed E-state index contributed by atoms with van der Waals surface area (Å²) in [5, 5.41) is 6.16. The number of ether oxygens (including phenoxy) is 1. The molecule has 116 valence electrons. The number of aryl methyl sites for hydroxylation is 1. The fourth-order valence-corrected chi connectivity index (χ4v) is 1.67. The zero-order valence-electron chi connectivity index (χ0n) is 12.1. The van der Waals surface area contributed by atoms with Gasteiger partial charge in [-0.25, -0.2) is 9.18 Å². The third-order valence-electron chi connectivity index (χ3n) is 2.86. The smallest absolute Gasteiger partial charge is 0.377 e. The van der Waals surface area contributed by atoms with E-state index in [1.54, 1.807) is 19.1 Å². The lowest BCUT2D eigenvalue weighted by atomic mass is 10.2. The zero-order valence-corrected chi connectivity index (χ0v) is 12.1. The standard InChI is InChI=1S/C15H15FN2O4/c1-9-7-13(22-18-9)15(20)21-10(2)14(19)17-8-11-3-5-12(16)6-4-11/h3-7,10H,8H2,1-2H3,(H,17,19)/t10-/m1/s1. The number of hydrogen-bond donors (Lipinski definition) is 1. The molecule has 1 aromatic heterocycles. The fraction of sp³-hybridized carbons (Fsp3) is 0.267. The minimum absolute atomic E-state index is 0.0596. The van der Waals surface area contributed by atoms with Gasteiger partial charge in [0.2, 0.25) is 5.76 Å². The molecule has 0 aliphatic heterocycles. The van der Waals surface area contributed by atoms with Gasteiger partial charge in [-0.3, -0.25) is 4.79 Å². The number of amides is 1. The SMILES string of the molecule is Cc1cc(C(=O)O[C@H](C)C(=O)NCc2ccc(F)cc2)on1. The summed E-state index contributed by atoms with van der Waals surface area (Å²) in [7, 11) is 0. The summed E-state index contributed by atoms with van der Waals surface area (Å²) in [4.78, 5) is 23.6. The van der Waals surface area contributed by atoms with Gasteiger partial charge in [-0.05, 0) is 31.5 Å². The second kappa shape index (κ2) is 6.84. The Morgan fingerprint density at radius 3 is 2.64 bits per heavy atom. The minimum atomic E-state index is -0.988. The Hall–Kier alpha value is -2.70. The van der Waals surface area contributed by atoms with E-state index in [9.17, 15) is 14.0 Å². The Morgan fingerprint density at radius 2 is 2.05 bits per heavy atom. The normalized spacial score (nSPS) is 11.8. The monoisotopic (exact) mass is 306 g/mol. The highest BCUT2D eigenvalue weighted by molar-refractivity contribution is 5.89. The summed E-state index contributed by atoms with van der Waals surface area (Å²) in [6.45, 7) is 3.32. The minimum Gasteiger partial charge on any atom is -0.447 e. The molecule has 6 nitrogen and oxygen atoms in total. The van der Waals surface area contributed by atoms with Crippen molar-refractivity contribution in [3.05, 3.63) is 53.2 Å². The van der Waals surface area contributed by atoms with Crippen molar-refractivity contribution in [1.82, 2.24) is 10.5 Å². The van der Waals surface area contributed by atoms with Crippen LogP contribution in [-0.4, -0.2) is 23.1 Å². The van der Waals surface area contributed by atoms with Crippen molar-refractivity contribution < 1.29 is 23.2 Å². The summed E-state index contributed by atoms with van der Waals surface area (Å²) in [5.41, 5.74) is 1.28. The van der Waals surface area contributed by atoms with Crippen LogP contribution in [0, 0.1) is 12.7 Å². The van der Waals surface area contributed by atoms with Crippen molar-refractivity contribution in [1.29, 1.82) is 0 Å². The molecule has 2 aromatic rings. The molecule has 1 atom stereocenters. The molecule has 0 fully saturated rings. The van der Waals surface area contributed by atoms with Crippen LogP contribution in [0.1, 0.15) is 28.7 Å². The van der Waals surface area contributed by atoms with E-state index in [-0.39, 0.29) is 18.1 Å². The molecule has 1 amide bonds. The predicted molar refractivity (Wildman–Crippen MR) is 74.4 cm³/mol. The number of esters is 1. The summed E-state index contributed by atoms with van der Waals surface area (Å²) >= 11 is 0. The fourth-order valence-electron chi connectivity index (χ4n) is 1.67. The number of nitrogens with one attached hydrogen (secondary N) is 1. The van der Waals surface area contributed by atoms with Crippen LogP contribution in [0.2, 0.25) is 0 Å². The number of nitrogens with zero attached hydrogens (tertiary/aromatic N) is 1. The number of benzene rings is 1. The molecule has 2 rings (SSSR count). The first-order valence-corrected chi connectivity index (χ1v) is 6.62. The molecule has 7 heteroatoms. The second-order valence-electron chi connectivity index (χ2n) is 4.72. The number of hydrogen-bond acceptors (Lipinski definition) is 5. The molecule has 0 radical (unpaired) electrons. The van der Waals surface area contributed by atoms with E-state index in [4.69, 9.17) is 9.26 Å². The lowest BCUT2D eigenvalue weighted by molar-refractivity contribution is -0.129. The third-order valence-corrected chi connectivity index (χ3v) is 2.86. The van der Waals surface area contributed by atoms with Crippen LogP contribution >= 0.6 is 0 Å². The zero-order chi connectivity index (χ0) is 16.1. The van der Waals surface area contributed by atoms with E-state index in [1.165, 1.54) is 25.1 Å². The van der Waals surface area contributed by atoms with Gasteiger partial charge in [0.1, 0.15) is 5.82 Å². The van der Waals surface area contributed by atoms with Crippen LogP contribution in [-0.2, 0) is 16.1 Å². The van der Waals surface area contributed by atoms with Crippen LogP contribution in [0.3, 0.4) is 0 Å². The maximum absolute atomic E-state index is 12.8. The van der Waals surface area contributed by atoms with Gasteiger partial charge in [-0.15, -0.1) is 0 Å². The second-order valence-corrected chi connectivity index (χ2v) is 4.72. The Labute approximate surface area is 126 Å². The van der Waals surface area contributed by atoms with E-state index >= 15 is 0 Å². The molecule has 1 aromatic carbocycles. The van der Waals surface area contributed by atoms with Crippen LogP contribution in [0.15, 0.2) is 34.9 Å². The molecule has 0 bridgehead atoms. The average Bonchev–Trinajstić information content (AvgIpc) is 2.93. The van der Waals surface area contributed by atoms with Crippen LogP contribution in [0.25, 0.3) is 0 Å².